The Hall–Kier alpha value is -1.31. The number of hydrogen-bond acceptors (Lipinski definition) is 5. The lowest BCUT2D eigenvalue weighted by atomic mass is 10.3. The van der Waals surface area contributed by atoms with Gasteiger partial charge in [0, 0.05) is 26.2 Å². The average molecular weight is 299 g/mol. The van der Waals surface area contributed by atoms with Crippen molar-refractivity contribution in [2.24, 2.45) is 0 Å². The maximum atomic E-state index is 12.5. The van der Waals surface area contributed by atoms with Crippen LogP contribution in [-0.4, -0.2) is 57.5 Å². The number of ether oxygens (including phenoxy) is 1. The second-order valence-corrected chi connectivity index (χ2v) is 6.68. The molecule has 112 valence electrons. The quantitative estimate of drug-likeness (QED) is 0.824. The number of benzene rings is 1. The third-order valence-corrected chi connectivity index (χ3v) is 5.51. The molecule has 6 nitrogen and oxygen atoms in total. The number of rotatable bonds is 4. The second kappa shape index (κ2) is 5.99. The van der Waals surface area contributed by atoms with Crippen molar-refractivity contribution < 1.29 is 13.2 Å². The first-order valence-corrected chi connectivity index (χ1v) is 8.09. The first-order valence-electron chi connectivity index (χ1n) is 6.65. The zero-order chi connectivity index (χ0) is 14.8. The molecule has 1 fully saturated rings. The van der Waals surface area contributed by atoms with Crippen LogP contribution in [0.3, 0.4) is 0 Å². The van der Waals surface area contributed by atoms with Gasteiger partial charge in [-0.2, -0.15) is 4.31 Å². The number of methoxy groups -OCH3 is 1. The number of hydrogen-bond donors (Lipinski definition) is 1. The van der Waals surface area contributed by atoms with Crippen molar-refractivity contribution in [1.29, 1.82) is 0 Å². The van der Waals surface area contributed by atoms with Gasteiger partial charge in [-0.15, -0.1) is 0 Å². The van der Waals surface area contributed by atoms with Crippen LogP contribution < -0.4 is 10.5 Å². The lowest BCUT2D eigenvalue weighted by Crippen LogP contribution is -2.48. The van der Waals surface area contributed by atoms with Crippen LogP contribution in [0.25, 0.3) is 0 Å². The molecule has 0 unspecified atom stereocenters. The minimum Gasteiger partial charge on any atom is -0.495 e. The van der Waals surface area contributed by atoms with Crippen molar-refractivity contribution in [1.82, 2.24) is 9.21 Å². The Labute approximate surface area is 120 Å². The van der Waals surface area contributed by atoms with Crippen molar-refractivity contribution in [3.05, 3.63) is 18.2 Å². The van der Waals surface area contributed by atoms with E-state index in [1.807, 2.05) is 0 Å². The minimum absolute atomic E-state index is 0.223. The number of sulfonamides is 1. The molecule has 1 aromatic rings. The van der Waals surface area contributed by atoms with Crippen molar-refractivity contribution in [3.63, 3.8) is 0 Å². The highest BCUT2D eigenvalue weighted by molar-refractivity contribution is 7.89. The standard InChI is InChI=1S/C13H21N3O3S/c1-3-15-6-8-16(9-7-15)20(17,18)11-4-5-13(19-2)12(14)10-11/h4-5,10H,3,6-9,14H2,1-2H3. The van der Waals surface area contributed by atoms with Gasteiger partial charge in [-0.05, 0) is 24.7 Å². The summed E-state index contributed by atoms with van der Waals surface area (Å²) in [4.78, 5) is 2.45. The van der Waals surface area contributed by atoms with E-state index >= 15 is 0 Å². The summed E-state index contributed by atoms with van der Waals surface area (Å²) < 4.78 is 31.7. The fraction of sp³-hybridized carbons (Fsp3) is 0.538. The molecule has 0 spiro atoms. The molecular weight excluding hydrogens is 278 g/mol. The highest BCUT2D eigenvalue weighted by atomic mass is 32.2. The normalized spacial score (nSPS) is 18.1. The van der Waals surface area contributed by atoms with Crippen LogP contribution >= 0.6 is 0 Å². The molecule has 0 radical (unpaired) electrons. The maximum Gasteiger partial charge on any atom is 0.243 e. The first kappa shape index (κ1) is 15.1. The van der Waals surface area contributed by atoms with E-state index in [2.05, 4.69) is 11.8 Å². The van der Waals surface area contributed by atoms with Crippen molar-refractivity contribution >= 4 is 15.7 Å². The third kappa shape index (κ3) is 2.89. The molecule has 0 atom stereocenters. The van der Waals surface area contributed by atoms with Crippen LogP contribution in [-0.2, 0) is 10.0 Å². The van der Waals surface area contributed by atoms with Crippen LogP contribution in [0.4, 0.5) is 5.69 Å². The number of nitrogens with two attached hydrogens (primary N) is 1. The Morgan fingerprint density at radius 3 is 2.40 bits per heavy atom. The Bertz CT molecular complexity index is 566. The van der Waals surface area contributed by atoms with Crippen LogP contribution in [0, 0.1) is 0 Å². The molecule has 1 aromatic carbocycles. The molecule has 2 rings (SSSR count). The largest absolute Gasteiger partial charge is 0.495 e. The Morgan fingerprint density at radius 1 is 1.25 bits per heavy atom. The second-order valence-electron chi connectivity index (χ2n) is 4.74. The lowest BCUT2D eigenvalue weighted by molar-refractivity contribution is 0.196. The number of piperazine rings is 1. The van der Waals surface area contributed by atoms with Crippen molar-refractivity contribution in [2.75, 3.05) is 45.6 Å². The highest BCUT2D eigenvalue weighted by Gasteiger charge is 2.28. The van der Waals surface area contributed by atoms with Gasteiger partial charge in [0.1, 0.15) is 5.75 Å². The van der Waals surface area contributed by atoms with E-state index in [0.717, 1.165) is 19.6 Å². The molecule has 0 bridgehead atoms. The number of nitrogens with zero attached hydrogens (tertiary/aromatic N) is 2. The zero-order valence-corrected chi connectivity index (χ0v) is 12.7. The summed E-state index contributed by atoms with van der Waals surface area (Å²) in [5.74, 6) is 0.486. The molecular formula is C13H21N3O3S. The van der Waals surface area contributed by atoms with Gasteiger partial charge in [0.25, 0.3) is 0 Å². The third-order valence-electron chi connectivity index (χ3n) is 3.62. The summed E-state index contributed by atoms with van der Waals surface area (Å²) in [7, 11) is -1.97. The Morgan fingerprint density at radius 2 is 1.90 bits per heavy atom. The topological polar surface area (TPSA) is 75.9 Å². The van der Waals surface area contributed by atoms with Crippen LogP contribution in [0.5, 0.6) is 5.75 Å². The molecule has 0 saturated carbocycles. The van der Waals surface area contributed by atoms with E-state index in [1.165, 1.54) is 23.5 Å². The van der Waals surface area contributed by atoms with Crippen LogP contribution in [0.15, 0.2) is 23.1 Å². The smallest absolute Gasteiger partial charge is 0.243 e. The highest BCUT2D eigenvalue weighted by Crippen LogP contribution is 2.26. The zero-order valence-electron chi connectivity index (χ0n) is 11.9. The van der Waals surface area contributed by atoms with Gasteiger partial charge < -0.3 is 15.4 Å². The molecule has 1 aliphatic rings. The Kier molecular flexibility index (Phi) is 4.52. The minimum atomic E-state index is -3.47. The van der Waals surface area contributed by atoms with Crippen molar-refractivity contribution in [2.45, 2.75) is 11.8 Å². The lowest BCUT2D eigenvalue weighted by Gasteiger charge is -2.33. The molecule has 0 aliphatic carbocycles. The van der Waals surface area contributed by atoms with Gasteiger partial charge in [-0.1, -0.05) is 6.92 Å². The van der Waals surface area contributed by atoms with Gasteiger partial charge in [-0.3, -0.25) is 0 Å². The molecule has 7 heteroatoms. The molecule has 20 heavy (non-hydrogen) atoms. The number of nitrogen functional groups attached to an aromatic ring is 1. The summed E-state index contributed by atoms with van der Waals surface area (Å²) in [5.41, 5.74) is 6.12. The number of anilines is 1. The SMILES string of the molecule is CCN1CCN(S(=O)(=O)c2ccc(OC)c(N)c2)CC1. The fourth-order valence-corrected chi connectivity index (χ4v) is 3.77. The summed E-state index contributed by atoms with van der Waals surface area (Å²) in [6.07, 6.45) is 0. The Balaban J connectivity index is 2.20. The van der Waals surface area contributed by atoms with Gasteiger partial charge in [0.15, 0.2) is 0 Å². The maximum absolute atomic E-state index is 12.5. The van der Waals surface area contributed by atoms with E-state index in [9.17, 15) is 8.42 Å². The van der Waals surface area contributed by atoms with E-state index in [0.29, 0.717) is 24.5 Å². The van der Waals surface area contributed by atoms with Gasteiger partial charge in [0.2, 0.25) is 10.0 Å². The van der Waals surface area contributed by atoms with E-state index in [4.69, 9.17) is 10.5 Å². The molecule has 1 aliphatic heterocycles. The molecule has 0 amide bonds. The summed E-state index contributed by atoms with van der Waals surface area (Å²) in [5, 5.41) is 0. The summed E-state index contributed by atoms with van der Waals surface area (Å²) in [6.45, 7) is 5.59. The number of likely N-dealkylation sites (N-methyl/N-ethyl adjacent to an activating group) is 1. The van der Waals surface area contributed by atoms with Gasteiger partial charge in [-0.25, -0.2) is 8.42 Å². The monoisotopic (exact) mass is 299 g/mol. The predicted molar refractivity (Wildman–Crippen MR) is 78.3 cm³/mol. The predicted octanol–water partition coefficient (Wildman–Crippen LogP) is 0.604. The molecule has 1 heterocycles. The summed E-state index contributed by atoms with van der Waals surface area (Å²) in [6, 6.07) is 4.58. The van der Waals surface area contributed by atoms with E-state index in [-0.39, 0.29) is 4.90 Å². The molecule has 2 N–H and O–H groups in total. The molecule has 1 saturated heterocycles. The van der Waals surface area contributed by atoms with Gasteiger partial charge in [0.05, 0.1) is 17.7 Å². The molecule has 0 aromatic heterocycles. The first-order chi connectivity index (χ1) is 9.48. The van der Waals surface area contributed by atoms with E-state index < -0.39 is 10.0 Å². The van der Waals surface area contributed by atoms with Crippen LogP contribution in [0.1, 0.15) is 6.92 Å². The fourth-order valence-electron chi connectivity index (χ4n) is 2.31. The van der Waals surface area contributed by atoms with Crippen molar-refractivity contribution in [3.8, 4) is 5.75 Å². The van der Waals surface area contributed by atoms with Crippen LogP contribution in [0.2, 0.25) is 0 Å². The van der Waals surface area contributed by atoms with Gasteiger partial charge >= 0.3 is 0 Å². The summed E-state index contributed by atoms with van der Waals surface area (Å²) >= 11 is 0. The average Bonchev–Trinajstić information content (AvgIpc) is 2.47. The van der Waals surface area contributed by atoms with E-state index in [1.54, 1.807) is 6.07 Å².